The van der Waals surface area contributed by atoms with Crippen molar-refractivity contribution in [2.24, 2.45) is 0 Å². The van der Waals surface area contributed by atoms with Gasteiger partial charge in [-0.15, -0.1) is 0 Å². The predicted molar refractivity (Wildman–Crippen MR) is 95.3 cm³/mol. The highest BCUT2D eigenvalue weighted by Gasteiger charge is 2.17. The maximum atomic E-state index is 12.2. The molecular formula is C17H21ClN4O2. The molecule has 0 unspecified atom stereocenters. The first kappa shape index (κ1) is 18.0. The van der Waals surface area contributed by atoms with E-state index in [4.69, 9.17) is 16.3 Å². The lowest BCUT2D eigenvalue weighted by Crippen LogP contribution is -2.41. The van der Waals surface area contributed by atoms with Crippen LogP contribution in [-0.2, 0) is 0 Å². The Labute approximate surface area is 146 Å². The van der Waals surface area contributed by atoms with Gasteiger partial charge in [0.2, 0.25) is 5.95 Å². The topological polar surface area (TPSA) is 76.1 Å². The Morgan fingerprint density at radius 1 is 1.29 bits per heavy atom. The fraction of sp³-hybridized carbons (Fsp3) is 0.353. The van der Waals surface area contributed by atoms with Gasteiger partial charge in [-0.1, -0.05) is 11.6 Å². The molecule has 6 nitrogen and oxygen atoms in total. The Balaban J connectivity index is 2.27. The van der Waals surface area contributed by atoms with E-state index in [0.29, 0.717) is 22.4 Å². The third kappa shape index (κ3) is 4.58. The number of benzene rings is 1. The first-order valence-electron chi connectivity index (χ1n) is 7.46. The van der Waals surface area contributed by atoms with E-state index in [2.05, 4.69) is 20.6 Å². The van der Waals surface area contributed by atoms with Crippen molar-refractivity contribution in [2.45, 2.75) is 33.2 Å². The molecule has 0 saturated carbocycles. The van der Waals surface area contributed by atoms with Crippen molar-refractivity contribution in [1.29, 1.82) is 0 Å². The van der Waals surface area contributed by atoms with Crippen LogP contribution in [0.15, 0.2) is 24.4 Å². The molecule has 7 heteroatoms. The second-order valence-corrected chi connectivity index (χ2v) is 6.80. The van der Waals surface area contributed by atoms with E-state index in [1.54, 1.807) is 19.2 Å². The molecule has 0 atom stereocenters. The van der Waals surface area contributed by atoms with Gasteiger partial charge in [0.1, 0.15) is 11.4 Å². The van der Waals surface area contributed by atoms with E-state index in [9.17, 15) is 4.79 Å². The quantitative estimate of drug-likeness (QED) is 0.880. The number of halogens is 1. The Hall–Kier alpha value is -2.34. The minimum atomic E-state index is -0.341. The third-order valence-corrected chi connectivity index (χ3v) is 3.51. The number of hydrogen-bond donors (Lipinski definition) is 2. The smallest absolute Gasteiger partial charge is 0.270 e. The van der Waals surface area contributed by atoms with E-state index in [1.165, 1.54) is 6.20 Å². The molecule has 24 heavy (non-hydrogen) atoms. The minimum Gasteiger partial charge on any atom is -0.495 e. The Morgan fingerprint density at radius 3 is 2.62 bits per heavy atom. The standard InChI is InChI=1S/C17H21ClN4O2/c1-10-8-13(14(24-5)9-11(10)18)21-16-19-7-6-12(20-16)15(23)22-17(2,3)4/h6-9H,1-5H3,(H,22,23)(H,19,20,21). The van der Waals surface area contributed by atoms with Crippen molar-refractivity contribution in [3.8, 4) is 5.75 Å². The van der Waals surface area contributed by atoms with Gasteiger partial charge >= 0.3 is 0 Å². The second kappa shape index (κ2) is 7.05. The number of ether oxygens (including phenoxy) is 1. The van der Waals surface area contributed by atoms with Crippen LogP contribution in [0.2, 0.25) is 5.02 Å². The number of methoxy groups -OCH3 is 1. The summed E-state index contributed by atoms with van der Waals surface area (Å²) in [6.07, 6.45) is 1.53. The molecule has 0 spiro atoms. The molecule has 2 N–H and O–H groups in total. The zero-order valence-electron chi connectivity index (χ0n) is 14.4. The highest BCUT2D eigenvalue weighted by atomic mass is 35.5. The number of carbonyl (C=O) groups excluding carboxylic acids is 1. The lowest BCUT2D eigenvalue weighted by molar-refractivity contribution is 0.0914. The largest absolute Gasteiger partial charge is 0.495 e. The lowest BCUT2D eigenvalue weighted by Gasteiger charge is -2.20. The molecule has 1 aromatic heterocycles. The maximum Gasteiger partial charge on any atom is 0.270 e. The van der Waals surface area contributed by atoms with Gasteiger partial charge in [0.05, 0.1) is 12.8 Å². The van der Waals surface area contributed by atoms with Crippen LogP contribution in [0.4, 0.5) is 11.6 Å². The summed E-state index contributed by atoms with van der Waals surface area (Å²) in [5.41, 5.74) is 1.51. The van der Waals surface area contributed by atoms with Crippen molar-refractivity contribution in [1.82, 2.24) is 15.3 Å². The van der Waals surface area contributed by atoms with Crippen LogP contribution in [0.5, 0.6) is 5.75 Å². The van der Waals surface area contributed by atoms with Gasteiger partial charge in [-0.3, -0.25) is 4.79 Å². The SMILES string of the molecule is COc1cc(Cl)c(C)cc1Nc1nccc(C(=O)NC(C)(C)C)n1. The lowest BCUT2D eigenvalue weighted by atomic mass is 10.1. The van der Waals surface area contributed by atoms with Crippen LogP contribution in [0.1, 0.15) is 36.8 Å². The summed E-state index contributed by atoms with van der Waals surface area (Å²) in [4.78, 5) is 20.6. The molecule has 1 heterocycles. The van der Waals surface area contributed by atoms with Crippen molar-refractivity contribution in [2.75, 3.05) is 12.4 Å². The van der Waals surface area contributed by atoms with Crippen LogP contribution in [0.25, 0.3) is 0 Å². The van der Waals surface area contributed by atoms with Crippen LogP contribution in [0.3, 0.4) is 0 Å². The average molecular weight is 349 g/mol. The highest BCUT2D eigenvalue weighted by Crippen LogP contribution is 2.32. The van der Waals surface area contributed by atoms with Gasteiger partial charge in [0.25, 0.3) is 5.91 Å². The molecule has 2 rings (SSSR count). The number of carbonyl (C=O) groups is 1. The minimum absolute atomic E-state index is 0.257. The fourth-order valence-electron chi connectivity index (χ4n) is 2.00. The van der Waals surface area contributed by atoms with Gasteiger partial charge in [-0.2, -0.15) is 0 Å². The van der Waals surface area contributed by atoms with Crippen LogP contribution in [-0.4, -0.2) is 28.5 Å². The number of aromatic nitrogens is 2. The normalized spacial score (nSPS) is 11.1. The molecule has 0 aliphatic rings. The summed E-state index contributed by atoms with van der Waals surface area (Å²) in [5.74, 6) is 0.613. The first-order valence-corrected chi connectivity index (χ1v) is 7.84. The average Bonchev–Trinajstić information content (AvgIpc) is 2.49. The fourth-order valence-corrected chi connectivity index (χ4v) is 2.15. The molecular weight excluding hydrogens is 328 g/mol. The molecule has 1 amide bonds. The van der Waals surface area contributed by atoms with Crippen molar-refractivity contribution < 1.29 is 9.53 Å². The monoisotopic (exact) mass is 348 g/mol. The molecule has 1 aromatic carbocycles. The summed E-state index contributed by atoms with van der Waals surface area (Å²) in [6.45, 7) is 7.62. The number of anilines is 2. The van der Waals surface area contributed by atoms with Crippen LogP contribution in [0, 0.1) is 6.92 Å². The summed E-state index contributed by atoms with van der Waals surface area (Å²) < 4.78 is 5.32. The van der Waals surface area contributed by atoms with Crippen LogP contribution >= 0.6 is 11.6 Å². The highest BCUT2D eigenvalue weighted by molar-refractivity contribution is 6.31. The summed E-state index contributed by atoms with van der Waals surface area (Å²) in [7, 11) is 1.56. The van der Waals surface area contributed by atoms with Gasteiger partial charge in [0.15, 0.2) is 0 Å². The van der Waals surface area contributed by atoms with Crippen LogP contribution < -0.4 is 15.4 Å². The molecule has 2 aromatic rings. The Bertz CT molecular complexity index is 757. The van der Waals surface area contributed by atoms with Gasteiger partial charge in [-0.25, -0.2) is 9.97 Å². The van der Waals surface area contributed by atoms with Crippen molar-refractivity contribution in [3.63, 3.8) is 0 Å². The van der Waals surface area contributed by atoms with Gasteiger partial charge in [-0.05, 0) is 45.4 Å². The molecule has 0 aliphatic carbocycles. The molecule has 128 valence electrons. The van der Waals surface area contributed by atoms with E-state index in [1.807, 2.05) is 33.8 Å². The van der Waals surface area contributed by atoms with Crippen molar-refractivity contribution >= 4 is 29.1 Å². The second-order valence-electron chi connectivity index (χ2n) is 6.40. The van der Waals surface area contributed by atoms with E-state index < -0.39 is 0 Å². The number of amides is 1. The summed E-state index contributed by atoms with van der Waals surface area (Å²) in [6, 6.07) is 5.12. The molecule has 0 bridgehead atoms. The number of aryl methyl sites for hydroxylation is 1. The van der Waals surface area contributed by atoms with E-state index in [0.717, 1.165) is 5.56 Å². The maximum absolute atomic E-state index is 12.2. The van der Waals surface area contributed by atoms with E-state index >= 15 is 0 Å². The van der Waals surface area contributed by atoms with Gasteiger partial charge < -0.3 is 15.4 Å². The van der Waals surface area contributed by atoms with Gasteiger partial charge in [0, 0.05) is 22.8 Å². The summed E-state index contributed by atoms with van der Waals surface area (Å²) in [5, 5.41) is 6.54. The third-order valence-electron chi connectivity index (χ3n) is 3.10. The zero-order chi connectivity index (χ0) is 17.9. The van der Waals surface area contributed by atoms with E-state index in [-0.39, 0.29) is 17.1 Å². The number of nitrogens with one attached hydrogen (secondary N) is 2. The molecule has 0 aliphatic heterocycles. The Morgan fingerprint density at radius 2 is 2.00 bits per heavy atom. The Kier molecular flexibility index (Phi) is 5.29. The summed E-state index contributed by atoms with van der Waals surface area (Å²) >= 11 is 6.10. The number of hydrogen-bond acceptors (Lipinski definition) is 5. The number of nitrogens with zero attached hydrogens (tertiary/aromatic N) is 2. The molecule has 0 radical (unpaired) electrons. The molecule has 0 saturated heterocycles. The zero-order valence-corrected chi connectivity index (χ0v) is 15.2. The predicted octanol–water partition coefficient (Wildman–Crippen LogP) is 3.72. The first-order chi connectivity index (χ1) is 11.2. The molecule has 0 fully saturated rings. The number of rotatable bonds is 4. The van der Waals surface area contributed by atoms with Crippen molar-refractivity contribution in [3.05, 3.63) is 40.7 Å².